The van der Waals surface area contributed by atoms with E-state index < -0.39 is 0 Å². The Morgan fingerprint density at radius 2 is 2.00 bits per heavy atom. The largest absolute Gasteiger partial charge is 0.491 e. The third-order valence-corrected chi connectivity index (χ3v) is 3.59. The van der Waals surface area contributed by atoms with Crippen molar-refractivity contribution in [1.29, 1.82) is 0 Å². The summed E-state index contributed by atoms with van der Waals surface area (Å²) >= 11 is 0. The maximum absolute atomic E-state index is 9.14. The summed E-state index contributed by atoms with van der Waals surface area (Å²) in [6, 6.07) is 6.15. The number of nitrogens with one attached hydrogen (secondary N) is 2. The molecule has 1 unspecified atom stereocenters. The van der Waals surface area contributed by atoms with Crippen LogP contribution in [0.1, 0.15) is 31.9 Å². The van der Waals surface area contributed by atoms with Crippen LogP contribution in [0.4, 0.5) is 0 Å². The van der Waals surface area contributed by atoms with E-state index in [2.05, 4.69) is 27.8 Å². The zero-order valence-corrected chi connectivity index (χ0v) is 18.7. The highest BCUT2D eigenvalue weighted by molar-refractivity contribution is 14.0. The lowest BCUT2D eigenvalue weighted by Crippen LogP contribution is -2.39. The molecule has 1 aromatic rings. The molecule has 0 aromatic heterocycles. The second kappa shape index (κ2) is 15.0. The molecule has 0 aliphatic rings. The summed E-state index contributed by atoms with van der Waals surface area (Å²) in [5.41, 5.74) is 2.19. The zero-order valence-electron chi connectivity index (χ0n) is 16.4. The molecular formula is C19H34IN3O3. The molecule has 0 aliphatic heterocycles. The first-order valence-corrected chi connectivity index (χ1v) is 9.03. The molecule has 1 rings (SSSR count). The smallest absolute Gasteiger partial charge is 0.191 e. The van der Waals surface area contributed by atoms with Crippen molar-refractivity contribution >= 4 is 29.9 Å². The zero-order chi connectivity index (χ0) is 18.5. The van der Waals surface area contributed by atoms with E-state index in [0.29, 0.717) is 32.9 Å². The summed E-state index contributed by atoms with van der Waals surface area (Å²) in [4.78, 5) is 4.63. The Balaban J connectivity index is 0.00000625. The second-order valence-corrected chi connectivity index (χ2v) is 6.02. The van der Waals surface area contributed by atoms with Crippen LogP contribution in [0, 0.1) is 12.8 Å². The third-order valence-electron chi connectivity index (χ3n) is 3.59. The van der Waals surface area contributed by atoms with Gasteiger partial charge in [-0.3, -0.25) is 0 Å². The number of halogens is 1. The molecule has 0 saturated carbocycles. The summed E-state index contributed by atoms with van der Waals surface area (Å²) in [6.07, 6.45) is 0. The molecule has 0 spiro atoms. The van der Waals surface area contributed by atoms with Gasteiger partial charge in [-0.1, -0.05) is 19.1 Å². The van der Waals surface area contributed by atoms with Gasteiger partial charge in [0.1, 0.15) is 12.4 Å². The van der Waals surface area contributed by atoms with Crippen molar-refractivity contribution in [1.82, 2.24) is 10.6 Å². The average molecular weight is 479 g/mol. The lowest BCUT2D eigenvalue weighted by Gasteiger charge is -2.15. The lowest BCUT2D eigenvalue weighted by molar-refractivity contribution is 0.110. The Morgan fingerprint density at radius 3 is 2.65 bits per heavy atom. The van der Waals surface area contributed by atoms with E-state index in [1.165, 1.54) is 0 Å². The van der Waals surface area contributed by atoms with Crippen LogP contribution in [0.15, 0.2) is 23.2 Å². The fourth-order valence-corrected chi connectivity index (χ4v) is 2.12. The first-order chi connectivity index (χ1) is 12.1. The van der Waals surface area contributed by atoms with Crippen LogP contribution in [-0.2, 0) is 11.3 Å². The number of rotatable bonds is 11. The Labute approximate surface area is 174 Å². The summed E-state index contributed by atoms with van der Waals surface area (Å²) in [5, 5.41) is 15.6. The fraction of sp³-hybridized carbons (Fsp3) is 0.632. The Morgan fingerprint density at radius 1 is 1.23 bits per heavy atom. The van der Waals surface area contributed by atoms with Crippen molar-refractivity contribution in [2.75, 3.05) is 39.5 Å². The van der Waals surface area contributed by atoms with Crippen molar-refractivity contribution in [2.24, 2.45) is 10.9 Å². The molecule has 7 heteroatoms. The topological polar surface area (TPSA) is 75.1 Å². The molecule has 0 saturated heterocycles. The summed E-state index contributed by atoms with van der Waals surface area (Å²) in [5.74, 6) is 1.77. The second-order valence-electron chi connectivity index (χ2n) is 6.02. The number of aliphatic hydroxyl groups excluding tert-OH is 1. The number of guanidine groups is 1. The van der Waals surface area contributed by atoms with Crippen LogP contribution < -0.4 is 15.4 Å². The number of nitrogens with zero attached hydrogens (tertiary/aromatic N) is 1. The van der Waals surface area contributed by atoms with Crippen LogP contribution >= 0.6 is 24.0 Å². The van der Waals surface area contributed by atoms with Gasteiger partial charge in [-0.05, 0) is 38.3 Å². The number of aliphatic hydroxyl groups is 1. The van der Waals surface area contributed by atoms with Gasteiger partial charge >= 0.3 is 0 Å². The van der Waals surface area contributed by atoms with Crippen molar-refractivity contribution in [3.05, 3.63) is 29.3 Å². The highest BCUT2D eigenvalue weighted by atomic mass is 127. The SMILES string of the molecule is CCNC(=NCc1ccc(C)cc1OCCOCC)NCC(C)CO.I. The minimum absolute atomic E-state index is 0. The lowest BCUT2D eigenvalue weighted by atomic mass is 10.1. The van der Waals surface area contributed by atoms with Crippen LogP contribution in [0.25, 0.3) is 0 Å². The highest BCUT2D eigenvalue weighted by Gasteiger charge is 2.06. The monoisotopic (exact) mass is 479 g/mol. The van der Waals surface area contributed by atoms with Gasteiger partial charge in [-0.15, -0.1) is 24.0 Å². The minimum Gasteiger partial charge on any atom is -0.491 e. The molecule has 0 bridgehead atoms. The van der Waals surface area contributed by atoms with Gasteiger partial charge in [-0.25, -0.2) is 4.99 Å². The van der Waals surface area contributed by atoms with E-state index in [0.717, 1.165) is 29.4 Å². The van der Waals surface area contributed by atoms with E-state index in [1.54, 1.807) is 0 Å². The molecule has 0 aliphatic carbocycles. The van der Waals surface area contributed by atoms with Crippen LogP contribution in [0.5, 0.6) is 5.75 Å². The van der Waals surface area contributed by atoms with E-state index in [4.69, 9.17) is 14.6 Å². The van der Waals surface area contributed by atoms with Crippen LogP contribution in [-0.4, -0.2) is 50.6 Å². The molecule has 26 heavy (non-hydrogen) atoms. The molecule has 1 atom stereocenters. The first-order valence-electron chi connectivity index (χ1n) is 9.03. The number of hydrogen-bond donors (Lipinski definition) is 3. The van der Waals surface area contributed by atoms with Crippen LogP contribution in [0.3, 0.4) is 0 Å². The molecule has 150 valence electrons. The standard InChI is InChI=1S/C19H33N3O3.HI/c1-5-20-19(21-12-16(4)14-23)22-13-17-8-7-15(3)11-18(17)25-10-9-24-6-2;/h7-8,11,16,23H,5-6,9-10,12-14H2,1-4H3,(H2,20,21,22);1H. The van der Waals surface area contributed by atoms with Crippen molar-refractivity contribution in [2.45, 2.75) is 34.2 Å². The van der Waals surface area contributed by atoms with Gasteiger partial charge in [0.15, 0.2) is 5.96 Å². The molecule has 1 aromatic carbocycles. The Hall–Kier alpha value is -1.06. The Bertz CT molecular complexity index is 527. The average Bonchev–Trinajstić information content (AvgIpc) is 2.61. The maximum atomic E-state index is 9.14. The van der Waals surface area contributed by atoms with E-state index in [-0.39, 0.29) is 36.5 Å². The quantitative estimate of drug-likeness (QED) is 0.197. The maximum Gasteiger partial charge on any atom is 0.191 e. The van der Waals surface area contributed by atoms with Crippen molar-refractivity contribution in [3.63, 3.8) is 0 Å². The number of benzene rings is 1. The third kappa shape index (κ3) is 10.2. The number of aliphatic imine (C=N–C) groups is 1. The molecule has 6 nitrogen and oxygen atoms in total. The predicted molar refractivity (Wildman–Crippen MR) is 118 cm³/mol. The van der Waals surface area contributed by atoms with Crippen LogP contribution in [0.2, 0.25) is 0 Å². The molecule has 3 N–H and O–H groups in total. The number of hydrogen-bond acceptors (Lipinski definition) is 4. The minimum atomic E-state index is 0. The predicted octanol–water partition coefficient (Wildman–Crippen LogP) is 2.71. The Kier molecular flexibility index (Phi) is 14.4. The summed E-state index contributed by atoms with van der Waals surface area (Å²) in [6.45, 7) is 12.0. The van der Waals surface area contributed by atoms with Gasteiger partial charge in [0.25, 0.3) is 0 Å². The molecule has 0 heterocycles. The number of aryl methyl sites for hydroxylation is 1. The first kappa shape index (κ1) is 24.9. The fourth-order valence-electron chi connectivity index (χ4n) is 2.12. The molecule has 0 fully saturated rings. The summed E-state index contributed by atoms with van der Waals surface area (Å²) < 4.78 is 11.2. The van der Waals surface area contributed by atoms with Gasteiger partial charge < -0.3 is 25.2 Å². The molecule has 0 amide bonds. The van der Waals surface area contributed by atoms with Gasteiger partial charge in [-0.2, -0.15) is 0 Å². The van der Waals surface area contributed by atoms with Gasteiger partial charge in [0, 0.05) is 31.9 Å². The van der Waals surface area contributed by atoms with E-state index in [1.807, 2.05) is 33.8 Å². The summed E-state index contributed by atoms with van der Waals surface area (Å²) in [7, 11) is 0. The van der Waals surface area contributed by atoms with E-state index >= 15 is 0 Å². The van der Waals surface area contributed by atoms with E-state index in [9.17, 15) is 0 Å². The van der Waals surface area contributed by atoms with Crippen molar-refractivity contribution < 1.29 is 14.6 Å². The van der Waals surface area contributed by atoms with Gasteiger partial charge in [0.05, 0.1) is 13.2 Å². The molecular weight excluding hydrogens is 445 g/mol. The van der Waals surface area contributed by atoms with Gasteiger partial charge in [0.2, 0.25) is 0 Å². The molecule has 0 radical (unpaired) electrons. The highest BCUT2D eigenvalue weighted by Crippen LogP contribution is 2.21. The van der Waals surface area contributed by atoms with Crippen molar-refractivity contribution in [3.8, 4) is 5.75 Å². The normalized spacial score (nSPS) is 12.3. The number of ether oxygens (including phenoxy) is 2.